The molecule has 1 heterocycles. The van der Waals surface area contributed by atoms with Gasteiger partial charge in [-0.25, -0.2) is 0 Å². The fourth-order valence-electron chi connectivity index (χ4n) is 2.40. The normalized spacial score (nSPS) is 12.7. The summed E-state index contributed by atoms with van der Waals surface area (Å²) in [5.41, 5.74) is 4.99. The van der Waals surface area contributed by atoms with Crippen molar-refractivity contribution in [2.45, 2.75) is 26.8 Å². The maximum atomic E-state index is 4.45. The molecular weight excluding hydrogens is 222 g/mol. The van der Waals surface area contributed by atoms with E-state index >= 15 is 0 Å². The average molecular weight is 243 g/mol. The molecule has 0 radical (unpaired) electrons. The minimum atomic E-state index is 0.227. The van der Waals surface area contributed by atoms with Gasteiger partial charge in [-0.2, -0.15) is 5.10 Å². The maximum absolute atomic E-state index is 4.45. The van der Waals surface area contributed by atoms with Gasteiger partial charge in [-0.1, -0.05) is 31.2 Å². The van der Waals surface area contributed by atoms with Gasteiger partial charge in [0.25, 0.3) is 0 Å². The standard InChI is InChI=1S/C15H21N3/c1-5-16-15(13-9-7-6-8-11(13)2)14-10-18(4)17-12(14)3/h6-10,15-16H,5H2,1-4H3. The highest BCUT2D eigenvalue weighted by atomic mass is 15.3. The second kappa shape index (κ2) is 5.36. The zero-order valence-electron chi connectivity index (χ0n) is 11.6. The van der Waals surface area contributed by atoms with Crippen LogP contribution in [0.25, 0.3) is 0 Å². The molecule has 0 aliphatic carbocycles. The van der Waals surface area contributed by atoms with E-state index in [-0.39, 0.29) is 6.04 Å². The Labute approximate surface area is 109 Å². The van der Waals surface area contributed by atoms with Crippen LogP contribution in [-0.2, 0) is 7.05 Å². The lowest BCUT2D eigenvalue weighted by molar-refractivity contribution is 0.624. The smallest absolute Gasteiger partial charge is 0.0644 e. The third kappa shape index (κ3) is 2.46. The summed E-state index contributed by atoms with van der Waals surface area (Å²) in [6.45, 7) is 7.30. The predicted octanol–water partition coefficient (Wildman–Crippen LogP) is 2.74. The summed E-state index contributed by atoms with van der Waals surface area (Å²) in [4.78, 5) is 0. The Morgan fingerprint density at radius 3 is 2.50 bits per heavy atom. The highest BCUT2D eigenvalue weighted by Gasteiger charge is 2.18. The zero-order chi connectivity index (χ0) is 13.1. The molecule has 0 fully saturated rings. The highest BCUT2D eigenvalue weighted by molar-refractivity contribution is 5.37. The van der Waals surface area contributed by atoms with Crippen molar-refractivity contribution in [1.82, 2.24) is 15.1 Å². The molecule has 2 aromatic rings. The van der Waals surface area contributed by atoms with E-state index in [1.54, 1.807) is 0 Å². The van der Waals surface area contributed by atoms with Crippen molar-refractivity contribution >= 4 is 0 Å². The summed E-state index contributed by atoms with van der Waals surface area (Å²) in [6, 6.07) is 8.75. The van der Waals surface area contributed by atoms with E-state index < -0.39 is 0 Å². The Morgan fingerprint density at radius 2 is 1.94 bits per heavy atom. The maximum Gasteiger partial charge on any atom is 0.0644 e. The number of aromatic nitrogens is 2. The molecule has 3 nitrogen and oxygen atoms in total. The molecule has 0 aliphatic heterocycles. The largest absolute Gasteiger partial charge is 0.306 e. The summed E-state index contributed by atoms with van der Waals surface area (Å²) >= 11 is 0. The summed E-state index contributed by atoms with van der Waals surface area (Å²) in [7, 11) is 1.97. The molecule has 96 valence electrons. The molecule has 1 aromatic heterocycles. The Morgan fingerprint density at radius 1 is 1.22 bits per heavy atom. The SMILES string of the molecule is CCNC(c1ccccc1C)c1cn(C)nc1C. The van der Waals surface area contributed by atoms with E-state index in [1.807, 2.05) is 11.7 Å². The first-order valence-electron chi connectivity index (χ1n) is 6.42. The van der Waals surface area contributed by atoms with Crippen LogP contribution in [0.15, 0.2) is 30.5 Å². The summed E-state index contributed by atoms with van der Waals surface area (Å²) in [5.74, 6) is 0. The second-order valence-corrected chi connectivity index (χ2v) is 4.69. The van der Waals surface area contributed by atoms with Crippen molar-refractivity contribution in [3.63, 3.8) is 0 Å². The fraction of sp³-hybridized carbons (Fsp3) is 0.400. The lowest BCUT2D eigenvalue weighted by atomic mass is 9.95. The summed E-state index contributed by atoms with van der Waals surface area (Å²) < 4.78 is 1.88. The fourth-order valence-corrected chi connectivity index (χ4v) is 2.40. The van der Waals surface area contributed by atoms with Gasteiger partial charge in [0.15, 0.2) is 0 Å². The predicted molar refractivity (Wildman–Crippen MR) is 74.6 cm³/mol. The third-order valence-electron chi connectivity index (χ3n) is 3.27. The summed E-state index contributed by atoms with van der Waals surface area (Å²) in [5, 5.41) is 8.00. The minimum absolute atomic E-state index is 0.227. The van der Waals surface area contributed by atoms with Crippen LogP contribution in [0, 0.1) is 13.8 Å². The van der Waals surface area contributed by atoms with Crippen molar-refractivity contribution in [3.05, 3.63) is 52.8 Å². The quantitative estimate of drug-likeness (QED) is 0.895. The van der Waals surface area contributed by atoms with Crippen molar-refractivity contribution in [3.8, 4) is 0 Å². The van der Waals surface area contributed by atoms with Crippen molar-refractivity contribution < 1.29 is 0 Å². The summed E-state index contributed by atoms with van der Waals surface area (Å²) in [6.07, 6.45) is 2.11. The van der Waals surface area contributed by atoms with E-state index in [1.165, 1.54) is 16.7 Å². The third-order valence-corrected chi connectivity index (χ3v) is 3.27. The second-order valence-electron chi connectivity index (χ2n) is 4.69. The van der Waals surface area contributed by atoms with Gasteiger partial charge in [-0.15, -0.1) is 0 Å². The van der Waals surface area contributed by atoms with Gasteiger partial charge in [-0.05, 0) is 31.5 Å². The molecule has 1 unspecified atom stereocenters. The molecule has 0 aliphatic rings. The van der Waals surface area contributed by atoms with E-state index in [0.29, 0.717) is 0 Å². The van der Waals surface area contributed by atoms with Crippen LogP contribution in [0.5, 0.6) is 0 Å². The molecule has 1 aromatic carbocycles. The number of hydrogen-bond acceptors (Lipinski definition) is 2. The molecule has 0 spiro atoms. The number of nitrogens with zero attached hydrogens (tertiary/aromatic N) is 2. The first-order chi connectivity index (χ1) is 8.63. The Hall–Kier alpha value is -1.61. The number of nitrogens with one attached hydrogen (secondary N) is 1. The van der Waals surface area contributed by atoms with E-state index in [0.717, 1.165) is 12.2 Å². The molecule has 0 saturated carbocycles. The first kappa shape index (κ1) is 12.8. The first-order valence-corrected chi connectivity index (χ1v) is 6.42. The lowest BCUT2D eigenvalue weighted by Gasteiger charge is -2.20. The molecule has 2 rings (SSSR count). The van der Waals surface area contributed by atoms with Gasteiger partial charge >= 0.3 is 0 Å². The Kier molecular flexibility index (Phi) is 3.82. The molecule has 0 bridgehead atoms. The van der Waals surface area contributed by atoms with Crippen LogP contribution in [0.3, 0.4) is 0 Å². The van der Waals surface area contributed by atoms with Crippen molar-refractivity contribution in [2.75, 3.05) is 6.54 Å². The molecule has 0 amide bonds. The topological polar surface area (TPSA) is 29.9 Å². The molecule has 0 saturated heterocycles. The van der Waals surface area contributed by atoms with Crippen LogP contribution in [0.1, 0.15) is 35.3 Å². The number of aryl methyl sites for hydroxylation is 3. The van der Waals surface area contributed by atoms with Gasteiger partial charge in [-0.3, -0.25) is 4.68 Å². The molecule has 18 heavy (non-hydrogen) atoms. The van der Waals surface area contributed by atoms with E-state index in [4.69, 9.17) is 0 Å². The number of rotatable bonds is 4. The Bertz CT molecular complexity index is 528. The van der Waals surface area contributed by atoms with Crippen molar-refractivity contribution in [2.24, 2.45) is 7.05 Å². The van der Waals surface area contributed by atoms with Crippen LogP contribution < -0.4 is 5.32 Å². The zero-order valence-corrected chi connectivity index (χ0v) is 11.6. The van der Waals surface area contributed by atoms with Gasteiger partial charge in [0.2, 0.25) is 0 Å². The van der Waals surface area contributed by atoms with E-state index in [9.17, 15) is 0 Å². The van der Waals surface area contributed by atoms with Gasteiger partial charge < -0.3 is 5.32 Å². The van der Waals surface area contributed by atoms with Crippen LogP contribution in [-0.4, -0.2) is 16.3 Å². The number of hydrogen-bond donors (Lipinski definition) is 1. The monoisotopic (exact) mass is 243 g/mol. The minimum Gasteiger partial charge on any atom is -0.306 e. The van der Waals surface area contributed by atoms with Gasteiger partial charge in [0.05, 0.1) is 11.7 Å². The molecule has 1 atom stereocenters. The van der Waals surface area contributed by atoms with Gasteiger partial charge in [0, 0.05) is 18.8 Å². The van der Waals surface area contributed by atoms with Crippen molar-refractivity contribution in [1.29, 1.82) is 0 Å². The lowest BCUT2D eigenvalue weighted by Crippen LogP contribution is -2.23. The van der Waals surface area contributed by atoms with Crippen LogP contribution in [0.2, 0.25) is 0 Å². The molecular formula is C15H21N3. The molecule has 1 N–H and O–H groups in total. The van der Waals surface area contributed by atoms with E-state index in [2.05, 4.69) is 61.6 Å². The number of benzene rings is 1. The molecule has 3 heteroatoms. The van der Waals surface area contributed by atoms with Gasteiger partial charge in [0.1, 0.15) is 0 Å². The van der Waals surface area contributed by atoms with Crippen LogP contribution in [0.4, 0.5) is 0 Å². The average Bonchev–Trinajstić information content (AvgIpc) is 2.66. The highest BCUT2D eigenvalue weighted by Crippen LogP contribution is 2.26. The van der Waals surface area contributed by atoms with Crippen LogP contribution >= 0.6 is 0 Å². The Balaban J connectivity index is 2.46.